The zero-order chi connectivity index (χ0) is 14.4. The van der Waals surface area contributed by atoms with Crippen molar-refractivity contribution in [3.05, 3.63) is 48.0 Å². The first-order valence-electron chi connectivity index (χ1n) is 7.07. The standard InChI is InChI=1S/C17H22N2O.ClH/c1-18-12-6-11-17(20)19(2)13-15-9-5-8-14-7-3-4-10-16(14)15;/h3-5,7-10,18H,6,11-13H2,1-2H3;1H. The minimum absolute atomic E-state index is 0. The number of carbonyl (C=O) groups excluding carboxylic acids is 1. The van der Waals surface area contributed by atoms with Crippen LogP contribution in [-0.2, 0) is 11.3 Å². The molecule has 2 rings (SSSR count). The third kappa shape index (κ3) is 4.73. The Bertz CT molecular complexity index is 581. The summed E-state index contributed by atoms with van der Waals surface area (Å²) in [4.78, 5) is 13.9. The number of amides is 1. The molecular formula is C17H23ClN2O. The number of nitrogens with one attached hydrogen (secondary N) is 1. The zero-order valence-electron chi connectivity index (χ0n) is 12.6. The fourth-order valence-electron chi connectivity index (χ4n) is 2.38. The number of rotatable bonds is 6. The van der Waals surface area contributed by atoms with Gasteiger partial charge < -0.3 is 10.2 Å². The van der Waals surface area contributed by atoms with E-state index in [1.165, 1.54) is 16.3 Å². The molecule has 0 aromatic heterocycles. The second-order valence-corrected chi connectivity index (χ2v) is 5.10. The summed E-state index contributed by atoms with van der Waals surface area (Å²) in [7, 11) is 3.79. The maximum absolute atomic E-state index is 12.1. The molecular weight excluding hydrogens is 284 g/mol. The van der Waals surface area contributed by atoms with Crippen molar-refractivity contribution in [2.75, 3.05) is 20.6 Å². The van der Waals surface area contributed by atoms with Crippen LogP contribution in [0.15, 0.2) is 42.5 Å². The summed E-state index contributed by atoms with van der Waals surface area (Å²) in [5.41, 5.74) is 1.20. The Balaban J connectivity index is 0.00000220. The molecule has 0 unspecified atom stereocenters. The number of carbonyl (C=O) groups is 1. The summed E-state index contributed by atoms with van der Waals surface area (Å²) in [6, 6.07) is 14.6. The van der Waals surface area contributed by atoms with Crippen LogP contribution in [-0.4, -0.2) is 31.4 Å². The van der Waals surface area contributed by atoms with Crippen LogP contribution in [0.4, 0.5) is 0 Å². The minimum atomic E-state index is 0. The highest BCUT2D eigenvalue weighted by Gasteiger charge is 2.10. The average molecular weight is 307 g/mol. The molecule has 0 aliphatic heterocycles. The fourth-order valence-corrected chi connectivity index (χ4v) is 2.38. The molecule has 4 heteroatoms. The van der Waals surface area contributed by atoms with E-state index >= 15 is 0 Å². The number of hydrogen-bond acceptors (Lipinski definition) is 2. The predicted molar refractivity (Wildman–Crippen MR) is 90.8 cm³/mol. The largest absolute Gasteiger partial charge is 0.341 e. The van der Waals surface area contributed by atoms with Gasteiger partial charge in [-0.1, -0.05) is 42.5 Å². The van der Waals surface area contributed by atoms with Crippen LogP contribution in [0.5, 0.6) is 0 Å². The van der Waals surface area contributed by atoms with Crippen molar-refractivity contribution in [3.8, 4) is 0 Å². The van der Waals surface area contributed by atoms with Gasteiger partial charge in [-0.3, -0.25) is 4.79 Å². The van der Waals surface area contributed by atoms with Crippen LogP contribution in [0, 0.1) is 0 Å². The number of nitrogens with zero attached hydrogens (tertiary/aromatic N) is 1. The lowest BCUT2D eigenvalue weighted by Crippen LogP contribution is -2.26. The van der Waals surface area contributed by atoms with Crippen molar-refractivity contribution in [1.29, 1.82) is 0 Å². The maximum atomic E-state index is 12.1. The summed E-state index contributed by atoms with van der Waals surface area (Å²) < 4.78 is 0. The second-order valence-electron chi connectivity index (χ2n) is 5.10. The third-order valence-electron chi connectivity index (χ3n) is 3.53. The van der Waals surface area contributed by atoms with Gasteiger partial charge in [0.2, 0.25) is 5.91 Å². The smallest absolute Gasteiger partial charge is 0.222 e. The molecule has 1 N–H and O–H groups in total. The molecule has 0 saturated carbocycles. The molecule has 2 aromatic rings. The second kappa shape index (κ2) is 8.65. The van der Waals surface area contributed by atoms with Gasteiger partial charge in [0, 0.05) is 20.0 Å². The Hall–Kier alpha value is -1.58. The van der Waals surface area contributed by atoms with Crippen molar-refractivity contribution in [3.63, 3.8) is 0 Å². The van der Waals surface area contributed by atoms with Gasteiger partial charge in [0.05, 0.1) is 0 Å². The van der Waals surface area contributed by atoms with Gasteiger partial charge >= 0.3 is 0 Å². The van der Waals surface area contributed by atoms with Gasteiger partial charge in [-0.05, 0) is 36.3 Å². The summed E-state index contributed by atoms with van der Waals surface area (Å²) in [6.45, 7) is 1.55. The highest BCUT2D eigenvalue weighted by atomic mass is 35.5. The fraction of sp³-hybridized carbons (Fsp3) is 0.353. The molecule has 0 saturated heterocycles. The van der Waals surface area contributed by atoms with E-state index in [1.807, 2.05) is 31.1 Å². The molecule has 0 aliphatic carbocycles. The molecule has 0 fully saturated rings. The molecule has 2 aromatic carbocycles. The van der Waals surface area contributed by atoms with E-state index in [0.717, 1.165) is 13.0 Å². The maximum Gasteiger partial charge on any atom is 0.222 e. The highest BCUT2D eigenvalue weighted by molar-refractivity contribution is 5.86. The molecule has 21 heavy (non-hydrogen) atoms. The first-order chi connectivity index (χ1) is 9.72. The Kier molecular flexibility index (Phi) is 7.20. The number of benzene rings is 2. The molecule has 0 spiro atoms. The minimum Gasteiger partial charge on any atom is -0.341 e. The molecule has 0 heterocycles. The van der Waals surface area contributed by atoms with Crippen molar-refractivity contribution in [2.24, 2.45) is 0 Å². The molecule has 0 aliphatic rings. The summed E-state index contributed by atoms with van der Waals surface area (Å²) >= 11 is 0. The monoisotopic (exact) mass is 306 g/mol. The van der Waals surface area contributed by atoms with Gasteiger partial charge in [0.15, 0.2) is 0 Å². The molecule has 0 bridgehead atoms. The van der Waals surface area contributed by atoms with Gasteiger partial charge in [0.1, 0.15) is 0 Å². The number of halogens is 1. The van der Waals surface area contributed by atoms with Gasteiger partial charge in [-0.2, -0.15) is 0 Å². The molecule has 3 nitrogen and oxygen atoms in total. The lowest BCUT2D eigenvalue weighted by molar-refractivity contribution is -0.130. The van der Waals surface area contributed by atoms with E-state index < -0.39 is 0 Å². The van der Waals surface area contributed by atoms with Crippen LogP contribution in [0.2, 0.25) is 0 Å². The van der Waals surface area contributed by atoms with Crippen molar-refractivity contribution in [1.82, 2.24) is 10.2 Å². The zero-order valence-corrected chi connectivity index (χ0v) is 13.5. The van der Waals surface area contributed by atoms with E-state index in [4.69, 9.17) is 0 Å². The van der Waals surface area contributed by atoms with Crippen LogP contribution in [0.25, 0.3) is 10.8 Å². The Labute approximate surface area is 132 Å². The predicted octanol–water partition coefficient (Wildman–Crippen LogP) is 3.22. The molecule has 0 atom stereocenters. The van der Waals surface area contributed by atoms with Crippen LogP contribution in [0.1, 0.15) is 18.4 Å². The Morgan fingerprint density at radius 3 is 2.62 bits per heavy atom. The SMILES string of the molecule is CNCCCC(=O)N(C)Cc1cccc2ccccc12.Cl. The number of hydrogen-bond donors (Lipinski definition) is 1. The summed E-state index contributed by atoms with van der Waals surface area (Å²) in [5.74, 6) is 0.202. The van der Waals surface area contributed by atoms with Crippen LogP contribution >= 0.6 is 12.4 Å². The lowest BCUT2D eigenvalue weighted by atomic mass is 10.0. The van der Waals surface area contributed by atoms with E-state index in [-0.39, 0.29) is 18.3 Å². The quantitative estimate of drug-likeness (QED) is 0.831. The molecule has 114 valence electrons. The van der Waals surface area contributed by atoms with Crippen molar-refractivity contribution < 1.29 is 4.79 Å². The van der Waals surface area contributed by atoms with Gasteiger partial charge in [-0.15, -0.1) is 12.4 Å². The van der Waals surface area contributed by atoms with Gasteiger partial charge in [-0.25, -0.2) is 0 Å². The topological polar surface area (TPSA) is 32.3 Å². The summed E-state index contributed by atoms with van der Waals surface area (Å²) in [5, 5.41) is 5.52. The number of fused-ring (bicyclic) bond motifs is 1. The third-order valence-corrected chi connectivity index (χ3v) is 3.53. The lowest BCUT2D eigenvalue weighted by Gasteiger charge is -2.18. The van der Waals surface area contributed by atoms with Crippen LogP contribution < -0.4 is 5.32 Å². The van der Waals surface area contributed by atoms with Gasteiger partial charge in [0.25, 0.3) is 0 Å². The molecule has 0 radical (unpaired) electrons. The van der Waals surface area contributed by atoms with Crippen molar-refractivity contribution in [2.45, 2.75) is 19.4 Å². The van der Waals surface area contributed by atoms with E-state index in [9.17, 15) is 4.79 Å². The summed E-state index contributed by atoms with van der Waals surface area (Å²) in [6.07, 6.45) is 1.48. The average Bonchev–Trinajstić information content (AvgIpc) is 2.47. The van der Waals surface area contributed by atoms with E-state index in [1.54, 1.807) is 0 Å². The molecule has 1 amide bonds. The first-order valence-corrected chi connectivity index (χ1v) is 7.07. The Morgan fingerprint density at radius 1 is 1.14 bits per heavy atom. The van der Waals surface area contributed by atoms with E-state index in [0.29, 0.717) is 13.0 Å². The van der Waals surface area contributed by atoms with Crippen molar-refractivity contribution >= 4 is 29.1 Å². The van der Waals surface area contributed by atoms with Crippen LogP contribution in [0.3, 0.4) is 0 Å². The highest BCUT2D eigenvalue weighted by Crippen LogP contribution is 2.19. The normalized spacial score (nSPS) is 10.2. The van der Waals surface area contributed by atoms with E-state index in [2.05, 4.69) is 35.6 Å². The first kappa shape index (κ1) is 17.5. The Morgan fingerprint density at radius 2 is 1.86 bits per heavy atom.